The molecule has 0 spiro atoms. The molecule has 8 nitrogen and oxygen atoms in total. The average Bonchev–Trinajstić information content (AvgIpc) is 3.71. The molecule has 7 aliphatic carbocycles. The molecule has 5 N–H and O–H groups in total. The fourth-order valence-electron chi connectivity index (χ4n) is 14.1. The highest BCUT2D eigenvalue weighted by atomic mass is 16.5. The molecule has 1 aliphatic heterocycles. The van der Waals surface area contributed by atoms with Crippen molar-refractivity contribution in [3.05, 3.63) is 23.3 Å². The first kappa shape index (κ1) is 31.7. The van der Waals surface area contributed by atoms with Gasteiger partial charge in [0, 0.05) is 29.9 Å². The lowest BCUT2D eigenvalue weighted by atomic mass is 9.36. The summed E-state index contributed by atoms with van der Waals surface area (Å²) in [5.41, 5.74) is -4.69. The summed E-state index contributed by atoms with van der Waals surface area (Å²) in [6, 6.07) is 0. The van der Waals surface area contributed by atoms with Crippen LogP contribution in [0.2, 0.25) is 0 Å². The van der Waals surface area contributed by atoms with Gasteiger partial charge in [0.1, 0.15) is 18.0 Å². The summed E-state index contributed by atoms with van der Waals surface area (Å²) in [5.74, 6) is -0.624. The quantitative estimate of drug-likeness (QED) is 0.174. The van der Waals surface area contributed by atoms with Gasteiger partial charge in [-0.05, 0) is 111 Å². The lowest BCUT2D eigenvalue weighted by Crippen LogP contribution is -2.80. The maximum absolute atomic E-state index is 13.7. The van der Waals surface area contributed by atoms with Crippen molar-refractivity contribution in [2.45, 2.75) is 126 Å². The van der Waals surface area contributed by atoms with Crippen LogP contribution in [0.15, 0.2) is 23.3 Å². The molecule has 1 heterocycles. The van der Waals surface area contributed by atoms with Gasteiger partial charge in [-0.2, -0.15) is 0 Å². The van der Waals surface area contributed by atoms with Crippen LogP contribution in [0.5, 0.6) is 0 Å². The summed E-state index contributed by atoms with van der Waals surface area (Å²) in [7, 11) is 1.87. The molecule has 8 aliphatic rings. The van der Waals surface area contributed by atoms with Gasteiger partial charge in [-0.25, -0.2) is 4.79 Å². The first-order chi connectivity index (χ1) is 21.9. The molecule has 0 bridgehead atoms. The Balaban J connectivity index is 1.24. The summed E-state index contributed by atoms with van der Waals surface area (Å²) < 4.78 is 5.81. The van der Waals surface area contributed by atoms with Gasteiger partial charge in [0.15, 0.2) is 0 Å². The number of allylic oxidation sites excluding steroid dienone is 1. The maximum Gasteiger partial charge on any atom is 0.331 e. The summed E-state index contributed by atoms with van der Waals surface area (Å²) in [6.07, 6.45) is 13.2. The van der Waals surface area contributed by atoms with Crippen molar-refractivity contribution in [1.29, 1.82) is 0 Å². The van der Waals surface area contributed by atoms with Crippen molar-refractivity contribution in [3.63, 3.8) is 0 Å². The predicted molar refractivity (Wildman–Crippen MR) is 171 cm³/mol. The number of aldehydes is 1. The third kappa shape index (κ3) is 3.74. The molecule has 46 heavy (non-hydrogen) atoms. The summed E-state index contributed by atoms with van der Waals surface area (Å²) in [6.45, 7) is 5.01. The monoisotopic (exact) mass is 637 g/mol. The first-order valence-electron chi connectivity index (χ1n) is 18.5. The van der Waals surface area contributed by atoms with Crippen LogP contribution in [0.25, 0.3) is 0 Å². The van der Waals surface area contributed by atoms with Crippen LogP contribution in [0.4, 0.5) is 0 Å². The highest BCUT2D eigenvalue weighted by molar-refractivity contribution is 5.87. The number of rotatable bonds is 5. The van der Waals surface area contributed by atoms with Crippen molar-refractivity contribution in [1.82, 2.24) is 5.32 Å². The summed E-state index contributed by atoms with van der Waals surface area (Å²) in [5, 5.41) is 54.6. The van der Waals surface area contributed by atoms with Crippen LogP contribution in [0, 0.1) is 58.2 Å². The van der Waals surface area contributed by atoms with Gasteiger partial charge in [0.2, 0.25) is 0 Å². The number of aliphatic hydroxyl groups excluding tert-OH is 1. The van der Waals surface area contributed by atoms with E-state index in [9.17, 15) is 30.0 Å². The SMILES string of the molecule is CNCC1=C[C@@H]2C[C@@]3(O)[C@](C)(CC[C@H]4[C@@]3(O)C[C@H]3C[C@@H]([C@@H](C)C5CCCC5)CC[C@H]5[C@@H](O)CC[C@@]4(C=O)[C@]35O)[C@H]2C2=CC(=O)O[C@@H]12. The third-order valence-corrected chi connectivity index (χ3v) is 16.1. The molecular weight excluding hydrogens is 582 g/mol. The Labute approximate surface area is 273 Å². The van der Waals surface area contributed by atoms with E-state index in [4.69, 9.17) is 4.74 Å². The average molecular weight is 638 g/mol. The molecule has 0 aromatic rings. The Kier molecular flexibility index (Phi) is 7.20. The van der Waals surface area contributed by atoms with Gasteiger partial charge >= 0.3 is 5.97 Å². The Morgan fingerprint density at radius 1 is 1.04 bits per heavy atom. The summed E-state index contributed by atoms with van der Waals surface area (Å²) in [4.78, 5) is 26.4. The standard InChI is InChI=1S/C38H55NO7/c1-21(22-6-4-5-7-22)23-8-9-28-29(41)10-13-35(20-40)30-11-12-34(2)32-24(14-25(19-39-3)33-27(32)16-31(42)46-33)17-37(34,44)36(30,43)18-26(15-23)38(28,35)45/h14,16,20-24,26,28-30,32-33,39,41,43-45H,4-13,15,17-19H2,1-3H3/t21-,23-,24+,26+,28-,29-,30+,32+,33-,34+,35-,36-,37+,38-/m0/s1. The van der Waals surface area contributed by atoms with E-state index in [2.05, 4.69) is 25.2 Å². The first-order valence-corrected chi connectivity index (χ1v) is 18.5. The number of ether oxygens (including phenoxy) is 1. The number of hydrogen-bond acceptors (Lipinski definition) is 8. The normalized spacial score (nSPS) is 53.4. The number of esters is 1. The molecule has 8 rings (SSSR count). The van der Waals surface area contributed by atoms with E-state index in [-0.39, 0.29) is 24.2 Å². The summed E-state index contributed by atoms with van der Waals surface area (Å²) >= 11 is 0. The fraction of sp³-hybridized carbons (Fsp3) is 0.842. The smallest absolute Gasteiger partial charge is 0.331 e. The van der Waals surface area contributed by atoms with Crippen molar-refractivity contribution in [3.8, 4) is 0 Å². The minimum absolute atomic E-state index is 0.0867. The van der Waals surface area contributed by atoms with E-state index >= 15 is 0 Å². The highest BCUT2D eigenvalue weighted by Gasteiger charge is 2.81. The zero-order valence-corrected chi connectivity index (χ0v) is 27.9. The molecule has 0 saturated heterocycles. The fourth-order valence-corrected chi connectivity index (χ4v) is 14.1. The largest absolute Gasteiger partial charge is 0.450 e. The topological polar surface area (TPSA) is 136 Å². The van der Waals surface area contributed by atoms with Crippen molar-refractivity contribution < 1.29 is 34.8 Å². The maximum atomic E-state index is 13.7. The molecule has 0 radical (unpaired) electrons. The van der Waals surface area contributed by atoms with Crippen LogP contribution in [-0.4, -0.2) is 75.3 Å². The third-order valence-electron chi connectivity index (χ3n) is 16.1. The Morgan fingerprint density at radius 3 is 2.52 bits per heavy atom. The van der Waals surface area contributed by atoms with Crippen LogP contribution in [0.1, 0.15) is 97.3 Å². The van der Waals surface area contributed by atoms with E-state index < -0.39 is 57.6 Å². The Morgan fingerprint density at radius 2 is 1.80 bits per heavy atom. The zero-order valence-electron chi connectivity index (χ0n) is 27.9. The van der Waals surface area contributed by atoms with E-state index in [1.54, 1.807) is 6.08 Å². The second-order valence-electron chi connectivity index (χ2n) is 17.4. The zero-order chi connectivity index (χ0) is 32.4. The van der Waals surface area contributed by atoms with Crippen molar-refractivity contribution >= 4 is 12.3 Å². The molecule has 0 amide bonds. The van der Waals surface area contributed by atoms with Crippen LogP contribution < -0.4 is 5.32 Å². The van der Waals surface area contributed by atoms with E-state index in [0.29, 0.717) is 69.2 Å². The van der Waals surface area contributed by atoms with Crippen molar-refractivity contribution in [2.24, 2.45) is 58.2 Å². The van der Waals surface area contributed by atoms with Crippen molar-refractivity contribution in [2.75, 3.05) is 13.6 Å². The van der Waals surface area contributed by atoms with Gasteiger partial charge in [-0.15, -0.1) is 0 Å². The molecular formula is C38H55NO7. The molecule has 0 unspecified atom stereocenters. The number of carbonyl (C=O) groups is 2. The Hall–Kier alpha value is -1.58. The number of hydrogen-bond donors (Lipinski definition) is 5. The second-order valence-corrected chi connectivity index (χ2v) is 17.4. The molecule has 0 aromatic carbocycles. The van der Waals surface area contributed by atoms with Crippen LogP contribution in [0.3, 0.4) is 0 Å². The molecule has 8 heteroatoms. The van der Waals surface area contributed by atoms with Crippen LogP contribution >= 0.6 is 0 Å². The van der Waals surface area contributed by atoms with E-state index in [1.807, 2.05) is 7.05 Å². The van der Waals surface area contributed by atoms with Gasteiger partial charge in [-0.3, -0.25) is 0 Å². The number of nitrogens with one attached hydrogen (secondary N) is 1. The van der Waals surface area contributed by atoms with Gasteiger partial charge in [0.05, 0.1) is 22.7 Å². The lowest BCUT2D eigenvalue weighted by Gasteiger charge is -2.71. The number of carbonyl (C=O) groups excluding carboxylic acids is 2. The highest BCUT2D eigenvalue weighted by Crippen LogP contribution is 2.76. The van der Waals surface area contributed by atoms with E-state index in [1.165, 1.54) is 25.7 Å². The number of fused-ring (bicyclic) bond motifs is 8. The molecule has 14 atom stereocenters. The molecule has 254 valence electrons. The molecule has 6 saturated carbocycles. The minimum Gasteiger partial charge on any atom is -0.450 e. The van der Waals surface area contributed by atoms with E-state index in [0.717, 1.165) is 23.9 Å². The minimum atomic E-state index is -1.61. The molecule has 0 aromatic heterocycles. The number of aliphatic hydroxyl groups is 4. The number of likely N-dealkylation sites (N-methyl/N-ethyl adjacent to an activating group) is 1. The lowest BCUT2D eigenvalue weighted by molar-refractivity contribution is -0.341. The van der Waals surface area contributed by atoms with Gasteiger partial charge in [-0.1, -0.05) is 45.6 Å². The van der Waals surface area contributed by atoms with Crippen LogP contribution in [-0.2, 0) is 14.3 Å². The predicted octanol–water partition coefficient (Wildman–Crippen LogP) is 3.85. The van der Waals surface area contributed by atoms with Gasteiger partial charge in [0.25, 0.3) is 0 Å². The van der Waals surface area contributed by atoms with Gasteiger partial charge < -0.3 is 35.3 Å². The second kappa shape index (κ2) is 10.5. The Bertz CT molecular complexity index is 1360. The molecule has 6 fully saturated rings.